The molecule has 0 amide bonds. The van der Waals surface area contributed by atoms with Gasteiger partial charge in [0.2, 0.25) is 0 Å². The molecule has 2 rings (SSSR count). The van der Waals surface area contributed by atoms with Crippen molar-refractivity contribution >= 4 is 17.7 Å². The van der Waals surface area contributed by atoms with Crippen LogP contribution in [0.3, 0.4) is 0 Å². The smallest absolute Gasteiger partial charge is 0.321 e. The van der Waals surface area contributed by atoms with Gasteiger partial charge in [-0.05, 0) is 17.7 Å². The lowest BCUT2D eigenvalue weighted by Crippen LogP contribution is -2.33. The van der Waals surface area contributed by atoms with Gasteiger partial charge in [-0.15, -0.1) is 11.8 Å². The van der Waals surface area contributed by atoms with Crippen LogP contribution < -0.4 is 5.32 Å². The van der Waals surface area contributed by atoms with Gasteiger partial charge >= 0.3 is 5.97 Å². The quantitative estimate of drug-likeness (QED) is 0.705. The van der Waals surface area contributed by atoms with Crippen molar-refractivity contribution in [3.63, 3.8) is 0 Å². The van der Waals surface area contributed by atoms with Gasteiger partial charge < -0.3 is 10.2 Å². The molecule has 5 heteroatoms. The number of hydrogen-bond donors (Lipinski definition) is 3. The summed E-state index contributed by atoms with van der Waals surface area (Å²) in [5, 5.41) is 20.9. The van der Waals surface area contributed by atoms with Gasteiger partial charge in [-0.25, -0.2) is 0 Å². The van der Waals surface area contributed by atoms with Gasteiger partial charge in [0.1, 0.15) is 11.8 Å². The van der Waals surface area contributed by atoms with Crippen LogP contribution in [-0.4, -0.2) is 28.0 Å². The molecular formula is C10H11NO3S. The van der Waals surface area contributed by atoms with Gasteiger partial charge in [-0.3, -0.25) is 10.1 Å². The number of aromatic hydroxyl groups is 1. The van der Waals surface area contributed by atoms with E-state index in [4.69, 9.17) is 10.2 Å². The van der Waals surface area contributed by atoms with Crippen LogP contribution in [0.2, 0.25) is 0 Å². The van der Waals surface area contributed by atoms with Crippen LogP contribution in [0.15, 0.2) is 24.3 Å². The van der Waals surface area contributed by atoms with Crippen molar-refractivity contribution in [3.05, 3.63) is 29.8 Å². The molecule has 80 valence electrons. The van der Waals surface area contributed by atoms with E-state index in [1.807, 2.05) is 0 Å². The molecule has 0 radical (unpaired) electrons. The van der Waals surface area contributed by atoms with Crippen molar-refractivity contribution in [1.82, 2.24) is 5.32 Å². The van der Waals surface area contributed by atoms with Crippen molar-refractivity contribution in [1.29, 1.82) is 0 Å². The maximum Gasteiger partial charge on any atom is 0.321 e. The fourth-order valence-corrected chi connectivity index (χ4v) is 2.69. The Kier molecular flexibility index (Phi) is 2.83. The monoisotopic (exact) mass is 225 g/mol. The summed E-state index contributed by atoms with van der Waals surface area (Å²) < 4.78 is 0. The van der Waals surface area contributed by atoms with Crippen LogP contribution >= 0.6 is 11.8 Å². The van der Waals surface area contributed by atoms with Crippen molar-refractivity contribution in [2.24, 2.45) is 0 Å². The highest BCUT2D eigenvalue weighted by Crippen LogP contribution is 2.33. The van der Waals surface area contributed by atoms with E-state index in [0.29, 0.717) is 5.75 Å². The molecule has 3 N–H and O–H groups in total. The number of nitrogens with one attached hydrogen (secondary N) is 1. The van der Waals surface area contributed by atoms with E-state index in [-0.39, 0.29) is 11.1 Å². The van der Waals surface area contributed by atoms with Crippen molar-refractivity contribution in [2.45, 2.75) is 11.4 Å². The molecule has 1 heterocycles. The first-order valence-corrected chi connectivity index (χ1v) is 5.61. The minimum Gasteiger partial charge on any atom is -0.508 e. The zero-order valence-electron chi connectivity index (χ0n) is 7.88. The van der Waals surface area contributed by atoms with Crippen LogP contribution in [0, 0.1) is 0 Å². The Morgan fingerprint density at radius 1 is 1.40 bits per heavy atom. The zero-order chi connectivity index (χ0) is 10.8. The molecule has 0 bridgehead atoms. The predicted molar refractivity (Wildman–Crippen MR) is 57.9 cm³/mol. The largest absolute Gasteiger partial charge is 0.508 e. The second-order valence-electron chi connectivity index (χ2n) is 3.36. The number of phenols is 1. The Balaban J connectivity index is 2.07. The number of benzene rings is 1. The Labute approximate surface area is 91.3 Å². The molecule has 1 aromatic carbocycles. The predicted octanol–water partition coefficient (Wildman–Crippen LogP) is 1.18. The summed E-state index contributed by atoms with van der Waals surface area (Å²) in [6, 6.07) is 6.32. The summed E-state index contributed by atoms with van der Waals surface area (Å²) in [5.74, 6) is -0.0266. The summed E-state index contributed by atoms with van der Waals surface area (Å²) in [7, 11) is 0. The molecule has 1 aliphatic heterocycles. The second-order valence-corrected chi connectivity index (χ2v) is 4.50. The Bertz CT molecular complexity index is 365. The van der Waals surface area contributed by atoms with Crippen LogP contribution in [-0.2, 0) is 4.79 Å². The lowest BCUT2D eigenvalue weighted by molar-refractivity contribution is -0.138. The molecule has 0 spiro atoms. The fourth-order valence-electron chi connectivity index (χ4n) is 1.46. The standard InChI is InChI=1S/C10H11NO3S/c12-7-3-1-6(2-4-7)9-11-8(5-15-9)10(13)14/h1-4,8-9,11-12H,5H2,(H,13,14)/t8?,9-/m1/s1. The van der Waals surface area contributed by atoms with E-state index in [9.17, 15) is 4.79 Å². The summed E-state index contributed by atoms with van der Waals surface area (Å²) in [6.45, 7) is 0. The maximum absolute atomic E-state index is 10.7. The Morgan fingerprint density at radius 3 is 2.60 bits per heavy atom. The lowest BCUT2D eigenvalue weighted by Gasteiger charge is -2.10. The van der Waals surface area contributed by atoms with Gasteiger partial charge in [0, 0.05) is 5.75 Å². The molecule has 1 saturated heterocycles. The molecule has 2 atom stereocenters. The van der Waals surface area contributed by atoms with Gasteiger partial charge in [-0.2, -0.15) is 0 Å². The van der Waals surface area contributed by atoms with Crippen LogP contribution in [0.25, 0.3) is 0 Å². The molecule has 0 saturated carbocycles. The number of carbonyl (C=O) groups is 1. The van der Waals surface area contributed by atoms with E-state index < -0.39 is 12.0 Å². The fraction of sp³-hybridized carbons (Fsp3) is 0.300. The van der Waals surface area contributed by atoms with E-state index in [2.05, 4.69) is 5.32 Å². The minimum atomic E-state index is -0.816. The number of rotatable bonds is 2. The second kappa shape index (κ2) is 4.12. The zero-order valence-corrected chi connectivity index (χ0v) is 8.70. The summed E-state index contributed by atoms with van der Waals surface area (Å²) in [6.07, 6.45) is 0. The third kappa shape index (κ3) is 2.24. The summed E-state index contributed by atoms with van der Waals surface area (Å²) >= 11 is 1.56. The lowest BCUT2D eigenvalue weighted by atomic mass is 10.2. The van der Waals surface area contributed by atoms with Gasteiger partial charge in [0.25, 0.3) is 0 Å². The van der Waals surface area contributed by atoms with Gasteiger partial charge in [0.15, 0.2) is 0 Å². The Hall–Kier alpha value is -1.20. The maximum atomic E-state index is 10.7. The molecule has 15 heavy (non-hydrogen) atoms. The van der Waals surface area contributed by atoms with Crippen molar-refractivity contribution in [3.8, 4) is 5.75 Å². The van der Waals surface area contributed by atoms with Crippen LogP contribution in [0.5, 0.6) is 5.75 Å². The third-order valence-corrected chi connectivity index (χ3v) is 3.54. The number of carboxylic acids is 1. The Morgan fingerprint density at radius 2 is 2.07 bits per heavy atom. The molecule has 1 aliphatic rings. The third-order valence-electron chi connectivity index (χ3n) is 2.28. The first-order chi connectivity index (χ1) is 7.16. The van der Waals surface area contributed by atoms with E-state index in [1.165, 1.54) is 0 Å². The highest BCUT2D eigenvalue weighted by Gasteiger charge is 2.29. The molecule has 1 aromatic rings. The molecule has 4 nitrogen and oxygen atoms in total. The number of phenolic OH excluding ortho intramolecular Hbond substituents is 1. The first kappa shape index (κ1) is 10.3. The van der Waals surface area contributed by atoms with Crippen molar-refractivity contribution in [2.75, 3.05) is 5.75 Å². The molecule has 0 aliphatic carbocycles. The van der Waals surface area contributed by atoms with Crippen molar-refractivity contribution < 1.29 is 15.0 Å². The molecule has 1 unspecified atom stereocenters. The molecular weight excluding hydrogens is 214 g/mol. The topological polar surface area (TPSA) is 69.6 Å². The number of thioether (sulfide) groups is 1. The van der Waals surface area contributed by atoms with Crippen LogP contribution in [0.1, 0.15) is 10.9 Å². The minimum absolute atomic E-state index is 0.00620. The van der Waals surface area contributed by atoms with Gasteiger partial charge in [-0.1, -0.05) is 12.1 Å². The van der Waals surface area contributed by atoms with Crippen LogP contribution in [0.4, 0.5) is 0 Å². The van der Waals surface area contributed by atoms with E-state index in [1.54, 1.807) is 36.0 Å². The number of aliphatic carboxylic acids is 1. The normalized spacial score (nSPS) is 25.3. The summed E-state index contributed by atoms with van der Waals surface area (Å²) in [5.41, 5.74) is 0.988. The average Bonchev–Trinajstić information content (AvgIpc) is 2.68. The highest BCUT2D eigenvalue weighted by atomic mass is 32.2. The average molecular weight is 225 g/mol. The van der Waals surface area contributed by atoms with Gasteiger partial charge in [0.05, 0.1) is 5.37 Å². The SMILES string of the molecule is O=C(O)C1CS[C@H](c2ccc(O)cc2)N1. The summed E-state index contributed by atoms with van der Waals surface area (Å²) in [4.78, 5) is 10.7. The van der Waals surface area contributed by atoms with E-state index in [0.717, 1.165) is 5.56 Å². The number of hydrogen-bond acceptors (Lipinski definition) is 4. The first-order valence-electron chi connectivity index (χ1n) is 4.56. The van der Waals surface area contributed by atoms with E-state index >= 15 is 0 Å². The highest BCUT2D eigenvalue weighted by molar-refractivity contribution is 7.99. The number of carboxylic acid groups (broad SMARTS) is 1. The molecule has 1 fully saturated rings. The molecule has 0 aromatic heterocycles.